The van der Waals surface area contributed by atoms with E-state index in [4.69, 9.17) is 0 Å². The molecule has 4 rings (SSSR count). The van der Waals surface area contributed by atoms with Crippen molar-refractivity contribution in [2.75, 3.05) is 5.32 Å². The number of amides is 1. The molecule has 0 aliphatic carbocycles. The largest absolute Gasteiger partial charge is 0.319 e. The molecule has 10 nitrogen and oxygen atoms in total. The van der Waals surface area contributed by atoms with E-state index in [-0.39, 0.29) is 16.9 Å². The second kappa shape index (κ2) is 9.41. The minimum atomic E-state index is -0.632. The summed E-state index contributed by atoms with van der Waals surface area (Å²) in [6.45, 7) is 4.25. The average Bonchev–Trinajstić information content (AvgIpc) is 3.22. The standard InChI is InChI=1S/C22H22N6O4S/c1-3-4-13-26-20(30)15-9-5-7-11-17(15)27-21(26)24-25-22(27)33-14(2)19(29)23-16-10-6-8-12-18(16)28(31)32/h5-12,14H,3-4,13H2,1-2H3,(H,23,29). The van der Waals surface area contributed by atoms with E-state index in [2.05, 4.69) is 15.5 Å². The van der Waals surface area contributed by atoms with E-state index >= 15 is 0 Å². The normalized spacial score (nSPS) is 12.2. The van der Waals surface area contributed by atoms with Crippen LogP contribution in [-0.2, 0) is 11.3 Å². The highest BCUT2D eigenvalue weighted by molar-refractivity contribution is 8.00. The van der Waals surface area contributed by atoms with E-state index in [0.717, 1.165) is 12.8 Å². The topological polar surface area (TPSA) is 124 Å². The fraction of sp³-hybridized carbons (Fsp3) is 0.273. The van der Waals surface area contributed by atoms with Crippen LogP contribution in [0.4, 0.5) is 11.4 Å². The molecule has 0 spiro atoms. The van der Waals surface area contributed by atoms with Gasteiger partial charge in [-0.25, -0.2) is 0 Å². The van der Waals surface area contributed by atoms with Crippen molar-refractivity contribution in [3.05, 3.63) is 69.0 Å². The first-order valence-electron chi connectivity index (χ1n) is 10.5. The number of hydrogen-bond donors (Lipinski definition) is 1. The maximum atomic E-state index is 13.0. The van der Waals surface area contributed by atoms with Gasteiger partial charge in [0, 0.05) is 12.6 Å². The molecule has 2 heterocycles. The van der Waals surface area contributed by atoms with E-state index in [0.29, 0.717) is 28.4 Å². The molecule has 33 heavy (non-hydrogen) atoms. The van der Waals surface area contributed by atoms with Crippen LogP contribution in [0.25, 0.3) is 16.7 Å². The lowest BCUT2D eigenvalue weighted by Crippen LogP contribution is -2.24. The maximum absolute atomic E-state index is 13.0. The number of rotatable bonds is 8. The molecule has 170 valence electrons. The molecule has 0 fully saturated rings. The van der Waals surface area contributed by atoms with Crippen molar-refractivity contribution in [2.45, 2.75) is 43.6 Å². The summed E-state index contributed by atoms with van der Waals surface area (Å²) in [4.78, 5) is 36.5. The van der Waals surface area contributed by atoms with Crippen molar-refractivity contribution < 1.29 is 9.72 Å². The quantitative estimate of drug-likeness (QED) is 0.237. The van der Waals surface area contributed by atoms with Crippen molar-refractivity contribution in [1.29, 1.82) is 0 Å². The predicted molar refractivity (Wildman–Crippen MR) is 127 cm³/mol. The summed E-state index contributed by atoms with van der Waals surface area (Å²) in [6.07, 6.45) is 1.74. The average molecular weight is 467 g/mol. The number of aromatic nitrogens is 4. The number of fused-ring (bicyclic) bond motifs is 3. The highest BCUT2D eigenvalue weighted by atomic mass is 32.2. The van der Waals surface area contributed by atoms with E-state index in [9.17, 15) is 19.7 Å². The Morgan fingerprint density at radius 3 is 2.67 bits per heavy atom. The smallest absolute Gasteiger partial charge is 0.292 e. The summed E-state index contributed by atoms with van der Waals surface area (Å²) < 4.78 is 3.40. The molecule has 1 N–H and O–H groups in total. The molecule has 1 unspecified atom stereocenters. The number of thioether (sulfide) groups is 1. The molecular weight excluding hydrogens is 444 g/mol. The van der Waals surface area contributed by atoms with Crippen LogP contribution in [0.2, 0.25) is 0 Å². The zero-order valence-electron chi connectivity index (χ0n) is 18.1. The van der Waals surface area contributed by atoms with Gasteiger partial charge in [0.1, 0.15) is 5.69 Å². The van der Waals surface area contributed by atoms with Crippen LogP contribution in [0.3, 0.4) is 0 Å². The number of carbonyl (C=O) groups excluding carboxylic acids is 1. The molecule has 0 radical (unpaired) electrons. The number of aryl methyl sites for hydroxylation is 1. The van der Waals surface area contributed by atoms with Gasteiger partial charge in [0.05, 0.1) is 21.1 Å². The summed E-state index contributed by atoms with van der Waals surface area (Å²) in [6, 6.07) is 13.2. The first-order chi connectivity index (χ1) is 15.9. The van der Waals surface area contributed by atoms with Gasteiger partial charge in [0.2, 0.25) is 11.7 Å². The number of carbonyl (C=O) groups is 1. The number of nitro groups is 1. The van der Waals surface area contributed by atoms with Crippen LogP contribution < -0.4 is 10.9 Å². The van der Waals surface area contributed by atoms with Gasteiger partial charge in [-0.3, -0.25) is 28.7 Å². The third-order valence-corrected chi connectivity index (χ3v) is 6.27. The summed E-state index contributed by atoms with van der Waals surface area (Å²) in [5, 5.41) is 22.7. The minimum Gasteiger partial charge on any atom is -0.319 e. The molecule has 1 atom stereocenters. The third-order valence-electron chi connectivity index (χ3n) is 5.22. The lowest BCUT2D eigenvalue weighted by atomic mass is 10.2. The monoisotopic (exact) mass is 466 g/mol. The van der Waals surface area contributed by atoms with Crippen molar-refractivity contribution in [3.63, 3.8) is 0 Å². The second-order valence-electron chi connectivity index (χ2n) is 7.47. The molecule has 1 amide bonds. The number of anilines is 1. The zero-order valence-corrected chi connectivity index (χ0v) is 18.9. The minimum absolute atomic E-state index is 0.127. The number of nitrogens with one attached hydrogen (secondary N) is 1. The number of nitro benzene ring substituents is 1. The van der Waals surface area contributed by atoms with Crippen molar-refractivity contribution in [3.8, 4) is 0 Å². The summed E-state index contributed by atoms with van der Waals surface area (Å²) >= 11 is 1.17. The molecule has 0 saturated heterocycles. The first-order valence-corrected chi connectivity index (χ1v) is 11.4. The molecule has 0 bridgehead atoms. The van der Waals surface area contributed by atoms with Crippen LogP contribution in [0.5, 0.6) is 0 Å². The van der Waals surface area contributed by atoms with Crippen LogP contribution in [0.1, 0.15) is 26.7 Å². The molecule has 2 aromatic heterocycles. The van der Waals surface area contributed by atoms with Gasteiger partial charge in [-0.05, 0) is 31.5 Å². The SMILES string of the molecule is CCCCn1c(=O)c2ccccc2n2c(SC(C)C(=O)Nc3ccccc3[N+](=O)[O-])nnc12. The molecule has 0 aliphatic heterocycles. The summed E-state index contributed by atoms with van der Waals surface area (Å²) in [5.41, 5.74) is 0.480. The Morgan fingerprint density at radius 1 is 1.18 bits per heavy atom. The van der Waals surface area contributed by atoms with E-state index in [1.807, 2.05) is 19.1 Å². The summed E-state index contributed by atoms with van der Waals surface area (Å²) in [7, 11) is 0. The Labute approximate surface area is 192 Å². The Hall–Kier alpha value is -3.73. The Kier molecular flexibility index (Phi) is 6.40. The molecule has 2 aromatic carbocycles. The molecule has 4 aromatic rings. The predicted octanol–water partition coefficient (Wildman–Crippen LogP) is 3.87. The van der Waals surface area contributed by atoms with Crippen LogP contribution >= 0.6 is 11.8 Å². The van der Waals surface area contributed by atoms with Gasteiger partial charge in [0.15, 0.2) is 5.16 Å². The maximum Gasteiger partial charge on any atom is 0.292 e. The Morgan fingerprint density at radius 2 is 1.91 bits per heavy atom. The first kappa shape index (κ1) is 22.5. The Bertz CT molecular complexity index is 1410. The van der Waals surface area contributed by atoms with E-state index < -0.39 is 16.1 Å². The van der Waals surface area contributed by atoms with Crippen LogP contribution in [-0.4, -0.2) is 35.2 Å². The Balaban J connectivity index is 1.69. The summed E-state index contributed by atoms with van der Waals surface area (Å²) in [5.74, 6) is 0.00983. The highest BCUT2D eigenvalue weighted by Crippen LogP contribution is 2.28. The molecule has 11 heteroatoms. The number of para-hydroxylation sites is 3. The van der Waals surface area contributed by atoms with Crippen LogP contribution in [0, 0.1) is 10.1 Å². The second-order valence-corrected chi connectivity index (χ2v) is 8.78. The van der Waals surface area contributed by atoms with Gasteiger partial charge in [-0.15, -0.1) is 10.2 Å². The number of benzene rings is 2. The lowest BCUT2D eigenvalue weighted by Gasteiger charge is -2.13. The number of hydrogen-bond acceptors (Lipinski definition) is 7. The van der Waals surface area contributed by atoms with Gasteiger partial charge >= 0.3 is 0 Å². The number of nitrogens with zero attached hydrogens (tertiary/aromatic N) is 5. The van der Waals surface area contributed by atoms with Crippen molar-refractivity contribution in [2.24, 2.45) is 0 Å². The fourth-order valence-electron chi connectivity index (χ4n) is 3.51. The van der Waals surface area contributed by atoms with Gasteiger partial charge in [-0.1, -0.05) is 49.4 Å². The van der Waals surface area contributed by atoms with Crippen LogP contribution in [0.15, 0.2) is 58.5 Å². The molecule has 0 aliphatic rings. The van der Waals surface area contributed by atoms with E-state index in [1.54, 1.807) is 34.1 Å². The molecular formula is C22H22N6O4S. The van der Waals surface area contributed by atoms with Gasteiger partial charge < -0.3 is 5.32 Å². The van der Waals surface area contributed by atoms with Crippen molar-refractivity contribution >= 4 is 45.7 Å². The lowest BCUT2D eigenvalue weighted by molar-refractivity contribution is -0.383. The molecule has 0 saturated carbocycles. The van der Waals surface area contributed by atoms with Gasteiger partial charge in [0.25, 0.3) is 11.2 Å². The zero-order chi connectivity index (χ0) is 23.5. The fourth-order valence-corrected chi connectivity index (χ4v) is 4.37. The highest BCUT2D eigenvalue weighted by Gasteiger charge is 2.23. The van der Waals surface area contributed by atoms with E-state index in [1.165, 1.54) is 30.0 Å². The van der Waals surface area contributed by atoms with Crippen molar-refractivity contribution in [1.82, 2.24) is 19.2 Å². The van der Waals surface area contributed by atoms with Gasteiger partial charge in [-0.2, -0.15) is 0 Å². The number of unbranched alkanes of at least 4 members (excludes halogenated alkanes) is 1. The third kappa shape index (κ3) is 4.31.